The Hall–Kier alpha value is -3.47. The average Bonchev–Trinajstić information content (AvgIpc) is 2.73. The number of nitrogens with one attached hydrogen (secondary N) is 1. The summed E-state index contributed by atoms with van der Waals surface area (Å²) in [5.41, 5.74) is 5.81. The van der Waals surface area contributed by atoms with Gasteiger partial charge in [0, 0.05) is 5.56 Å². The highest BCUT2D eigenvalue weighted by molar-refractivity contribution is 5.83. The van der Waals surface area contributed by atoms with Gasteiger partial charge in [-0.15, -0.1) is 0 Å². The molecule has 0 bridgehead atoms. The second-order valence-corrected chi connectivity index (χ2v) is 5.76. The summed E-state index contributed by atoms with van der Waals surface area (Å²) in [6.07, 6.45) is 1.71. The van der Waals surface area contributed by atoms with Gasteiger partial charge in [-0.3, -0.25) is 5.43 Å². The molecule has 0 aliphatic heterocycles. The third kappa shape index (κ3) is 5.01. The molecule has 0 radical (unpaired) electrons. The monoisotopic (exact) mass is 362 g/mol. The minimum Gasteiger partial charge on any atom is -0.493 e. The maximum Gasteiger partial charge on any atom is 0.203 e. The van der Waals surface area contributed by atoms with Crippen LogP contribution in [0.25, 0.3) is 0 Å². The molecule has 3 aromatic rings. The summed E-state index contributed by atoms with van der Waals surface area (Å²) in [4.78, 5) is 0. The van der Waals surface area contributed by atoms with Crippen molar-refractivity contribution in [2.75, 3.05) is 19.6 Å². The molecule has 138 valence electrons. The molecule has 0 saturated heterocycles. The van der Waals surface area contributed by atoms with Gasteiger partial charge < -0.3 is 14.2 Å². The third-order valence-corrected chi connectivity index (χ3v) is 3.89. The van der Waals surface area contributed by atoms with Crippen LogP contribution >= 0.6 is 0 Å². The van der Waals surface area contributed by atoms with E-state index in [1.54, 1.807) is 20.4 Å². The van der Waals surface area contributed by atoms with E-state index in [1.807, 2.05) is 72.8 Å². The summed E-state index contributed by atoms with van der Waals surface area (Å²) in [7, 11) is 3.19. The fraction of sp³-hybridized carbons (Fsp3) is 0.136. The van der Waals surface area contributed by atoms with Crippen molar-refractivity contribution >= 4 is 11.9 Å². The number of rotatable bonds is 8. The van der Waals surface area contributed by atoms with E-state index in [1.165, 1.54) is 0 Å². The number of benzene rings is 3. The van der Waals surface area contributed by atoms with Gasteiger partial charge in [-0.25, -0.2) is 0 Å². The molecular formula is C22H22N2O3. The second kappa shape index (κ2) is 9.29. The number of hydrogen-bond acceptors (Lipinski definition) is 5. The Kier molecular flexibility index (Phi) is 6.30. The highest BCUT2D eigenvalue weighted by Gasteiger charge is 2.13. The van der Waals surface area contributed by atoms with E-state index in [0.717, 1.165) is 16.8 Å². The first-order valence-corrected chi connectivity index (χ1v) is 8.57. The van der Waals surface area contributed by atoms with Crippen molar-refractivity contribution in [2.45, 2.75) is 6.61 Å². The highest BCUT2D eigenvalue weighted by Crippen LogP contribution is 2.38. The number of ether oxygens (including phenoxy) is 3. The molecule has 0 heterocycles. The summed E-state index contributed by atoms with van der Waals surface area (Å²) in [6, 6.07) is 23.4. The van der Waals surface area contributed by atoms with Crippen molar-refractivity contribution in [3.8, 4) is 17.2 Å². The van der Waals surface area contributed by atoms with Crippen molar-refractivity contribution < 1.29 is 14.2 Å². The molecule has 0 unspecified atom stereocenters. The molecule has 0 spiro atoms. The minimum atomic E-state index is 0.434. The molecule has 3 rings (SSSR count). The van der Waals surface area contributed by atoms with E-state index in [2.05, 4.69) is 10.5 Å². The molecule has 0 aliphatic carbocycles. The predicted octanol–water partition coefficient (Wildman–Crippen LogP) is 4.73. The van der Waals surface area contributed by atoms with Gasteiger partial charge in [0.05, 0.1) is 26.1 Å². The third-order valence-electron chi connectivity index (χ3n) is 3.89. The normalized spacial score (nSPS) is 10.6. The average molecular weight is 362 g/mol. The molecular weight excluding hydrogens is 340 g/mol. The van der Waals surface area contributed by atoms with Gasteiger partial charge in [-0.1, -0.05) is 48.5 Å². The second-order valence-electron chi connectivity index (χ2n) is 5.76. The van der Waals surface area contributed by atoms with Crippen LogP contribution in [0.1, 0.15) is 11.1 Å². The zero-order valence-corrected chi connectivity index (χ0v) is 15.4. The van der Waals surface area contributed by atoms with E-state index in [0.29, 0.717) is 23.9 Å². The number of anilines is 1. The fourth-order valence-corrected chi connectivity index (χ4v) is 2.56. The van der Waals surface area contributed by atoms with Crippen molar-refractivity contribution in [1.29, 1.82) is 0 Å². The number of para-hydroxylation sites is 1. The summed E-state index contributed by atoms with van der Waals surface area (Å²) in [5.74, 6) is 1.74. The molecule has 0 atom stereocenters. The molecule has 0 aliphatic rings. The predicted molar refractivity (Wildman–Crippen MR) is 108 cm³/mol. The van der Waals surface area contributed by atoms with Crippen LogP contribution in [-0.2, 0) is 6.61 Å². The molecule has 3 aromatic carbocycles. The Labute approximate surface area is 159 Å². The molecule has 5 heteroatoms. The quantitative estimate of drug-likeness (QED) is 0.465. The molecule has 5 nitrogen and oxygen atoms in total. The van der Waals surface area contributed by atoms with Gasteiger partial charge >= 0.3 is 0 Å². The van der Waals surface area contributed by atoms with Crippen molar-refractivity contribution in [3.05, 3.63) is 83.9 Å². The van der Waals surface area contributed by atoms with Gasteiger partial charge in [0.15, 0.2) is 11.5 Å². The SMILES string of the molecule is COc1cc(C=NNc2ccccc2)cc(OCc2ccccc2)c1OC. The molecule has 0 saturated carbocycles. The first-order chi connectivity index (χ1) is 13.3. The number of nitrogens with zero attached hydrogens (tertiary/aromatic N) is 1. The largest absolute Gasteiger partial charge is 0.493 e. The van der Waals surface area contributed by atoms with Crippen molar-refractivity contribution in [3.63, 3.8) is 0 Å². The molecule has 0 fully saturated rings. The summed E-state index contributed by atoms with van der Waals surface area (Å²) in [6.45, 7) is 0.434. The number of methoxy groups -OCH3 is 2. The summed E-state index contributed by atoms with van der Waals surface area (Å²) >= 11 is 0. The van der Waals surface area contributed by atoms with E-state index < -0.39 is 0 Å². The van der Waals surface area contributed by atoms with E-state index in [-0.39, 0.29) is 0 Å². The Morgan fingerprint density at radius 3 is 2.19 bits per heavy atom. The Balaban J connectivity index is 1.79. The van der Waals surface area contributed by atoms with Crippen LogP contribution < -0.4 is 19.6 Å². The van der Waals surface area contributed by atoms with Crippen molar-refractivity contribution in [1.82, 2.24) is 0 Å². The van der Waals surface area contributed by atoms with E-state index in [4.69, 9.17) is 14.2 Å². The van der Waals surface area contributed by atoms with Crippen LogP contribution in [0.2, 0.25) is 0 Å². The van der Waals surface area contributed by atoms with Crippen LogP contribution in [-0.4, -0.2) is 20.4 Å². The van der Waals surface area contributed by atoms with Crippen molar-refractivity contribution in [2.24, 2.45) is 5.10 Å². The lowest BCUT2D eigenvalue weighted by Gasteiger charge is -2.15. The number of hydrazone groups is 1. The fourth-order valence-electron chi connectivity index (χ4n) is 2.56. The van der Waals surface area contributed by atoms with Gasteiger partial charge in [0.1, 0.15) is 6.61 Å². The maximum absolute atomic E-state index is 5.97. The summed E-state index contributed by atoms with van der Waals surface area (Å²) < 4.78 is 16.9. The molecule has 0 aromatic heterocycles. The van der Waals surface area contributed by atoms with Crippen LogP contribution in [0.5, 0.6) is 17.2 Å². The number of hydrogen-bond donors (Lipinski definition) is 1. The van der Waals surface area contributed by atoms with Gasteiger partial charge in [-0.2, -0.15) is 5.10 Å². The Bertz CT molecular complexity index is 881. The summed E-state index contributed by atoms with van der Waals surface area (Å²) in [5, 5.41) is 4.28. The zero-order chi connectivity index (χ0) is 18.9. The van der Waals surface area contributed by atoms with Gasteiger partial charge in [0.2, 0.25) is 5.75 Å². The van der Waals surface area contributed by atoms with Crippen LogP contribution in [0.15, 0.2) is 77.9 Å². The first-order valence-electron chi connectivity index (χ1n) is 8.57. The lowest BCUT2D eigenvalue weighted by Crippen LogP contribution is -2.01. The van der Waals surface area contributed by atoms with Crippen LogP contribution in [0, 0.1) is 0 Å². The van der Waals surface area contributed by atoms with Gasteiger partial charge in [0.25, 0.3) is 0 Å². The minimum absolute atomic E-state index is 0.434. The topological polar surface area (TPSA) is 52.1 Å². The zero-order valence-electron chi connectivity index (χ0n) is 15.4. The Morgan fingerprint density at radius 2 is 1.52 bits per heavy atom. The van der Waals surface area contributed by atoms with Crippen LogP contribution in [0.3, 0.4) is 0 Å². The highest BCUT2D eigenvalue weighted by atomic mass is 16.5. The van der Waals surface area contributed by atoms with E-state index in [9.17, 15) is 0 Å². The van der Waals surface area contributed by atoms with E-state index >= 15 is 0 Å². The smallest absolute Gasteiger partial charge is 0.203 e. The molecule has 0 amide bonds. The first kappa shape index (κ1) is 18.3. The van der Waals surface area contributed by atoms with Gasteiger partial charge in [-0.05, 0) is 29.8 Å². The maximum atomic E-state index is 5.97. The molecule has 1 N–H and O–H groups in total. The molecule has 27 heavy (non-hydrogen) atoms. The lowest BCUT2D eigenvalue weighted by atomic mass is 10.2. The van der Waals surface area contributed by atoms with Crippen LogP contribution in [0.4, 0.5) is 5.69 Å². The standard InChI is InChI=1S/C22H22N2O3/c1-25-20-13-18(15-23-24-19-11-7-4-8-12-19)14-21(22(20)26-2)27-16-17-9-5-3-6-10-17/h3-15,24H,16H2,1-2H3. The lowest BCUT2D eigenvalue weighted by molar-refractivity contribution is 0.275. The Morgan fingerprint density at radius 1 is 0.852 bits per heavy atom.